The smallest absolute Gasteiger partial charge is 0.433 e. The molecule has 9 nitrogen and oxygen atoms in total. The highest BCUT2D eigenvalue weighted by Gasteiger charge is 2.18. The maximum atomic E-state index is 12.4. The van der Waals surface area contributed by atoms with Crippen molar-refractivity contribution in [2.24, 2.45) is 4.99 Å². The molecule has 0 aliphatic heterocycles. The van der Waals surface area contributed by atoms with E-state index in [1.165, 1.54) is 17.4 Å². The van der Waals surface area contributed by atoms with E-state index in [1.54, 1.807) is 14.2 Å². The zero-order chi connectivity index (χ0) is 19.6. The summed E-state index contributed by atoms with van der Waals surface area (Å²) in [5, 5.41) is 10.7. The maximum absolute atomic E-state index is 12.4. The van der Waals surface area contributed by atoms with Gasteiger partial charge in [-0.05, 0) is 12.5 Å². The van der Waals surface area contributed by atoms with E-state index in [9.17, 15) is 14.9 Å². The van der Waals surface area contributed by atoms with Crippen molar-refractivity contribution in [3.05, 3.63) is 44.9 Å². The number of benzene rings is 1. The van der Waals surface area contributed by atoms with Crippen LogP contribution in [-0.2, 0) is 6.54 Å². The number of furan rings is 1. The van der Waals surface area contributed by atoms with Crippen LogP contribution >= 0.6 is 11.3 Å². The van der Waals surface area contributed by atoms with Gasteiger partial charge >= 0.3 is 11.8 Å². The number of hydrogen-bond acceptors (Lipinski definition) is 7. The molecule has 2 aromatic heterocycles. The van der Waals surface area contributed by atoms with Crippen LogP contribution in [0.2, 0.25) is 0 Å². The van der Waals surface area contributed by atoms with Crippen LogP contribution in [0.15, 0.2) is 33.7 Å². The Morgan fingerprint density at radius 1 is 1.30 bits per heavy atom. The van der Waals surface area contributed by atoms with Gasteiger partial charge in [-0.2, -0.15) is 4.99 Å². The van der Waals surface area contributed by atoms with Gasteiger partial charge in [0.05, 0.1) is 30.5 Å². The number of carbonyl (C=O) groups excluding carboxylic acids is 1. The molecule has 0 unspecified atom stereocenters. The van der Waals surface area contributed by atoms with Gasteiger partial charge in [-0.15, -0.1) is 0 Å². The highest BCUT2D eigenvalue weighted by atomic mass is 32.1. The predicted molar refractivity (Wildman–Crippen MR) is 98.5 cm³/mol. The lowest BCUT2D eigenvalue weighted by Crippen LogP contribution is -2.16. The lowest BCUT2D eigenvalue weighted by atomic mass is 10.3. The number of methoxy groups -OCH3 is 2. The zero-order valence-electron chi connectivity index (χ0n) is 14.9. The quantitative estimate of drug-likeness (QED) is 0.471. The fraction of sp³-hybridized carbons (Fsp3) is 0.294. The van der Waals surface area contributed by atoms with Crippen molar-refractivity contribution in [2.45, 2.75) is 19.9 Å². The molecule has 3 aromatic rings. The molecule has 27 heavy (non-hydrogen) atoms. The summed E-state index contributed by atoms with van der Waals surface area (Å²) in [6.07, 6.45) is 0.827. The first-order chi connectivity index (χ1) is 13.0. The van der Waals surface area contributed by atoms with Crippen LogP contribution in [0, 0.1) is 10.1 Å². The van der Waals surface area contributed by atoms with Gasteiger partial charge in [0.1, 0.15) is 4.92 Å². The minimum atomic E-state index is -0.702. The van der Waals surface area contributed by atoms with Gasteiger partial charge in [0.25, 0.3) is 0 Å². The Bertz CT molecular complexity index is 1080. The van der Waals surface area contributed by atoms with E-state index in [0.717, 1.165) is 22.7 Å². The summed E-state index contributed by atoms with van der Waals surface area (Å²) in [7, 11) is 3.11. The van der Waals surface area contributed by atoms with Crippen molar-refractivity contribution in [3.63, 3.8) is 0 Å². The molecule has 1 amide bonds. The number of nitrogens with zero attached hydrogens (tertiary/aromatic N) is 3. The molecular formula is C17H17N3O6S. The molecule has 1 aromatic carbocycles. The van der Waals surface area contributed by atoms with Gasteiger partial charge in [-0.25, -0.2) is 0 Å². The maximum Gasteiger partial charge on any atom is 0.433 e. The van der Waals surface area contributed by atoms with Gasteiger partial charge in [0.2, 0.25) is 5.76 Å². The normalized spacial score (nSPS) is 11.7. The van der Waals surface area contributed by atoms with E-state index in [1.807, 2.05) is 23.6 Å². The summed E-state index contributed by atoms with van der Waals surface area (Å²) in [6.45, 7) is 2.65. The summed E-state index contributed by atoms with van der Waals surface area (Å²) in [5.74, 6) is -0.210. The van der Waals surface area contributed by atoms with Crippen molar-refractivity contribution in [1.29, 1.82) is 0 Å². The van der Waals surface area contributed by atoms with Crippen molar-refractivity contribution in [3.8, 4) is 11.5 Å². The van der Waals surface area contributed by atoms with Crippen LogP contribution in [0.3, 0.4) is 0 Å². The Morgan fingerprint density at radius 3 is 2.59 bits per heavy atom. The first-order valence-electron chi connectivity index (χ1n) is 8.07. The molecule has 0 saturated heterocycles. The standard InChI is InChI=1S/C17H17N3O6S/c1-4-7-19-10-8-12(24-2)13(25-3)9-14(10)27-17(19)18-16(21)11-5-6-15(26-11)20(22)23/h5-6,8-9H,4,7H2,1-3H3. The number of fused-ring (bicyclic) bond motifs is 1. The van der Waals surface area contributed by atoms with Crippen LogP contribution in [0.5, 0.6) is 11.5 Å². The molecule has 0 spiro atoms. The second-order valence-corrected chi connectivity index (χ2v) is 6.53. The van der Waals surface area contributed by atoms with Gasteiger partial charge in [-0.3, -0.25) is 14.9 Å². The van der Waals surface area contributed by atoms with Crippen molar-refractivity contribution < 1.29 is 23.6 Å². The number of thiazole rings is 1. The first kappa shape index (κ1) is 18.6. The number of aromatic nitrogens is 1. The van der Waals surface area contributed by atoms with Gasteiger partial charge in [-0.1, -0.05) is 18.3 Å². The van der Waals surface area contributed by atoms with Crippen LogP contribution in [0.4, 0.5) is 5.88 Å². The fourth-order valence-electron chi connectivity index (χ4n) is 2.60. The van der Waals surface area contributed by atoms with E-state index in [4.69, 9.17) is 13.9 Å². The van der Waals surface area contributed by atoms with Gasteiger partial charge < -0.3 is 18.5 Å². The summed E-state index contributed by atoms with van der Waals surface area (Å²) in [5.41, 5.74) is 0.858. The lowest BCUT2D eigenvalue weighted by Gasteiger charge is -2.08. The van der Waals surface area contributed by atoms with Gasteiger partial charge in [0, 0.05) is 18.7 Å². The minimum Gasteiger partial charge on any atom is -0.493 e. The topological polar surface area (TPSA) is 109 Å². The molecule has 0 aliphatic carbocycles. The third-order valence-corrected chi connectivity index (χ3v) is 4.86. The van der Waals surface area contributed by atoms with Crippen LogP contribution in [0.1, 0.15) is 23.9 Å². The molecule has 142 valence electrons. The van der Waals surface area contributed by atoms with E-state index in [0.29, 0.717) is 22.8 Å². The number of nitro groups is 1. The monoisotopic (exact) mass is 391 g/mol. The molecule has 0 bridgehead atoms. The summed E-state index contributed by atoms with van der Waals surface area (Å²) < 4.78 is 18.4. The molecule has 0 atom stereocenters. The molecule has 3 rings (SSSR count). The van der Waals surface area contributed by atoms with E-state index >= 15 is 0 Å². The number of hydrogen-bond donors (Lipinski definition) is 0. The van der Waals surface area contributed by atoms with Gasteiger partial charge in [0.15, 0.2) is 16.3 Å². The Morgan fingerprint density at radius 2 is 2.00 bits per heavy atom. The number of aryl methyl sites for hydroxylation is 1. The Hall–Kier alpha value is -3.14. The molecule has 0 aliphatic rings. The number of carbonyl (C=O) groups is 1. The number of rotatable bonds is 6. The number of ether oxygens (including phenoxy) is 2. The van der Waals surface area contributed by atoms with Crippen LogP contribution in [0.25, 0.3) is 10.2 Å². The SMILES string of the molecule is CCCn1c(=NC(=O)c2ccc([N+](=O)[O-])o2)sc2cc(OC)c(OC)cc21. The van der Waals surface area contributed by atoms with E-state index in [-0.39, 0.29) is 5.76 Å². The Balaban J connectivity index is 2.13. The van der Waals surface area contributed by atoms with E-state index in [2.05, 4.69) is 4.99 Å². The third kappa shape index (κ3) is 3.56. The highest BCUT2D eigenvalue weighted by Crippen LogP contribution is 2.33. The van der Waals surface area contributed by atoms with Crippen molar-refractivity contribution in [2.75, 3.05) is 14.2 Å². The summed E-state index contributed by atoms with van der Waals surface area (Å²) in [6, 6.07) is 6.03. The second kappa shape index (κ2) is 7.62. The molecular weight excluding hydrogens is 374 g/mol. The van der Waals surface area contributed by atoms with E-state index < -0.39 is 16.7 Å². The average Bonchev–Trinajstić information content (AvgIpc) is 3.26. The summed E-state index contributed by atoms with van der Waals surface area (Å²) in [4.78, 5) is 27.0. The Kier molecular flexibility index (Phi) is 5.26. The molecule has 0 radical (unpaired) electrons. The Labute approximate surface area is 157 Å². The number of amides is 1. The van der Waals surface area contributed by atoms with Crippen LogP contribution in [-0.4, -0.2) is 29.6 Å². The molecule has 0 N–H and O–H groups in total. The minimum absolute atomic E-state index is 0.183. The lowest BCUT2D eigenvalue weighted by molar-refractivity contribution is -0.402. The molecule has 10 heteroatoms. The third-order valence-electron chi connectivity index (χ3n) is 3.82. The average molecular weight is 391 g/mol. The van der Waals surface area contributed by atoms with Crippen LogP contribution < -0.4 is 14.3 Å². The molecule has 0 saturated carbocycles. The first-order valence-corrected chi connectivity index (χ1v) is 8.88. The predicted octanol–water partition coefficient (Wildman–Crippen LogP) is 3.37. The van der Waals surface area contributed by atoms with Crippen molar-refractivity contribution >= 4 is 33.3 Å². The molecule has 2 heterocycles. The summed E-state index contributed by atoms with van der Waals surface area (Å²) >= 11 is 1.31. The highest BCUT2D eigenvalue weighted by molar-refractivity contribution is 7.16. The second-order valence-electron chi connectivity index (χ2n) is 5.52. The zero-order valence-corrected chi connectivity index (χ0v) is 15.7. The largest absolute Gasteiger partial charge is 0.493 e. The fourth-order valence-corrected chi connectivity index (χ4v) is 3.67. The molecule has 0 fully saturated rings. The van der Waals surface area contributed by atoms with Crippen molar-refractivity contribution in [1.82, 2.24) is 4.57 Å².